The monoisotopic (exact) mass is 527 g/mol. The van der Waals surface area contributed by atoms with Crippen LogP contribution in [0.1, 0.15) is 26.5 Å². The van der Waals surface area contributed by atoms with Gasteiger partial charge < -0.3 is 30.8 Å². The third-order valence-electron chi connectivity index (χ3n) is 4.85. The minimum atomic E-state index is -1.77. The number of hydrogen-bond donors (Lipinski definition) is 4. The highest BCUT2D eigenvalue weighted by Crippen LogP contribution is 2.40. The maximum atomic E-state index is 13.0. The fraction of sp³-hybridized carbons (Fsp3) is 0.421. The molecule has 188 valence electrons. The second-order valence-electron chi connectivity index (χ2n) is 7.82. The summed E-state index contributed by atoms with van der Waals surface area (Å²) in [5.41, 5.74) is 3.38. The molecule has 1 aromatic rings. The Morgan fingerprint density at radius 3 is 2.57 bits per heavy atom. The maximum Gasteiger partial charge on any atom is 0.352 e. The number of amides is 2. The van der Waals surface area contributed by atoms with E-state index in [1.165, 1.54) is 37.9 Å². The summed E-state index contributed by atoms with van der Waals surface area (Å²) in [5.74, 6) is -4.76. The molecule has 0 saturated carbocycles. The van der Waals surface area contributed by atoms with Gasteiger partial charge >= 0.3 is 17.9 Å². The zero-order valence-electron chi connectivity index (χ0n) is 18.6. The quantitative estimate of drug-likeness (QED) is 0.140. The first-order chi connectivity index (χ1) is 16.3. The van der Waals surface area contributed by atoms with Gasteiger partial charge in [0.2, 0.25) is 5.60 Å². The number of nitrogen functional groups attached to an aromatic ring is 1. The lowest BCUT2D eigenvalue weighted by Crippen LogP contribution is -2.71. The molecule has 2 aliphatic heterocycles. The average molecular weight is 528 g/mol. The van der Waals surface area contributed by atoms with E-state index < -0.39 is 52.5 Å². The van der Waals surface area contributed by atoms with Gasteiger partial charge in [0.25, 0.3) is 11.8 Å². The molecular weight excluding hydrogens is 506 g/mol. The van der Waals surface area contributed by atoms with E-state index in [0.29, 0.717) is 0 Å². The van der Waals surface area contributed by atoms with Crippen molar-refractivity contribution in [1.29, 1.82) is 0 Å². The van der Waals surface area contributed by atoms with Crippen LogP contribution in [0.25, 0.3) is 0 Å². The van der Waals surface area contributed by atoms with Crippen LogP contribution in [0.2, 0.25) is 0 Å². The standard InChI is InChI=1S/C19H21N5O9S2/c1-7(25)32-4-8-5-34-15-11(14(27)24(15)12(8)16(28)29)22-13(26)10(9-6-35-18(20)21-9)23-33-19(2,3)17(30)31/h6,11,15H,4-5H2,1-3H3,(H2,20,21)(H,22,26)(H,28,29)(H,30,31)/t11?,15-/m0/s1. The number of anilines is 1. The van der Waals surface area contributed by atoms with Gasteiger partial charge in [0.05, 0.1) is 0 Å². The molecule has 0 radical (unpaired) electrons. The van der Waals surface area contributed by atoms with E-state index in [1.807, 2.05) is 0 Å². The van der Waals surface area contributed by atoms with Crippen LogP contribution in [0.5, 0.6) is 0 Å². The molecule has 35 heavy (non-hydrogen) atoms. The molecule has 1 fully saturated rings. The molecule has 1 unspecified atom stereocenters. The SMILES string of the molecule is CC(=O)OCC1=C(C(=O)O)N2C(=O)C(NC(=O)C(=NOC(C)(C)C(=O)O)c3csc(N)n3)[C@@H]2SC1. The normalized spacial score (nSPS) is 20.0. The zero-order valence-corrected chi connectivity index (χ0v) is 20.3. The number of nitrogens with one attached hydrogen (secondary N) is 1. The summed E-state index contributed by atoms with van der Waals surface area (Å²) in [7, 11) is 0. The number of rotatable bonds is 9. The predicted octanol–water partition coefficient (Wildman–Crippen LogP) is -0.389. The highest BCUT2D eigenvalue weighted by atomic mass is 32.2. The van der Waals surface area contributed by atoms with Gasteiger partial charge in [0.1, 0.15) is 29.4 Å². The molecule has 5 N–H and O–H groups in total. The van der Waals surface area contributed by atoms with Crippen molar-refractivity contribution >= 4 is 63.7 Å². The number of carboxylic acids is 2. The number of thioether (sulfide) groups is 1. The lowest BCUT2D eigenvalue weighted by molar-refractivity contribution is -0.161. The Labute approximate surface area is 206 Å². The number of nitrogens with two attached hydrogens (primary N) is 1. The predicted molar refractivity (Wildman–Crippen MR) is 122 cm³/mol. The Hall–Kier alpha value is -3.66. The van der Waals surface area contributed by atoms with Crippen LogP contribution < -0.4 is 11.1 Å². The third kappa shape index (κ3) is 5.37. The Bertz CT molecular complexity index is 1160. The smallest absolute Gasteiger partial charge is 0.352 e. The van der Waals surface area contributed by atoms with Crippen molar-refractivity contribution in [3.63, 3.8) is 0 Å². The minimum absolute atomic E-state index is 0.000836. The van der Waals surface area contributed by atoms with E-state index in [0.717, 1.165) is 16.2 Å². The van der Waals surface area contributed by atoms with E-state index in [1.54, 1.807) is 0 Å². The molecule has 0 spiro atoms. The molecule has 0 aliphatic carbocycles. The number of β-lactam (4-membered cyclic amide) rings is 1. The highest BCUT2D eigenvalue weighted by Gasteiger charge is 2.54. The van der Waals surface area contributed by atoms with Crippen molar-refractivity contribution in [2.75, 3.05) is 18.1 Å². The van der Waals surface area contributed by atoms with Gasteiger partial charge in [0.15, 0.2) is 10.8 Å². The average Bonchev–Trinajstić information content (AvgIpc) is 3.20. The third-order valence-corrected chi connectivity index (χ3v) is 6.86. The van der Waals surface area contributed by atoms with Crippen molar-refractivity contribution in [1.82, 2.24) is 15.2 Å². The summed E-state index contributed by atoms with van der Waals surface area (Å²) in [6.07, 6.45) is 0. The largest absolute Gasteiger partial charge is 0.478 e. The molecule has 0 bridgehead atoms. The Morgan fingerprint density at radius 2 is 2.03 bits per heavy atom. The molecule has 16 heteroatoms. The van der Waals surface area contributed by atoms with Gasteiger partial charge in [-0.2, -0.15) is 0 Å². The number of fused-ring (bicyclic) bond motifs is 1. The lowest BCUT2D eigenvalue weighted by atomic mass is 10.0. The maximum absolute atomic E-state index is 13.0. The number of aromatic nitrogens is 1. The molecule has 1 aromatic heterocycles. The summed E-state index contributed by atoms with van der Waals surface area (Å²) < 4.78 is 4.88. The fourth-order valence-electron chi connectivity index (χ4n) is 2.99. The van der Waals surface area contributed by atoms with E-state index >= 15 is 0 Å². The molecule has 2 aliphatic rings. The number of carboxylic acid groups (broad SMARTS) is 2. The Balaban J connectivity index is 1.82. The summed E-state index contributed by atoms with van der Waals surface area (Å²) in [6.45, 7) is 3.35. The number of carbonyl (C=O) groups excluding carboxylic acids is 3. The number of aliphatic carboxylic acids is 2. The number of oxime groups is 1. The Morgan fingerprint density at radius 1 is 1.34 bits per heavy atom. The number of ether oxygens (including phenoxy) is 1. The second-order valence-corrected chi connectivity index (χ2v) is 9.81. The first-order valence-corrected chi connectivity index (χ1v) is 11.8. The van der Waals surface area contributed by atoms with E-state index in [-0.39, 0.29) is 34.5 Å². The highest BCUT2D eigenvalue weighted by molar-refractivity contribution is 8.00. The van der Waals surface area contributed by atoms with Crippen LogP contribution in [0, 0.1) is 0 Å². The zero-order chi connectivity index (χ0) is 26.1. The van der Waals surface area contributed by atoms with E-state index in [9.17, 15) is 34.2 Å². The van der Waals surface area contributed by atoms with Crippen molar-refractivity contribution in [3.8, 4) is 0 Å². The second kappa shape index (κ2) is 9.91. The van der Waals surface area contributed by atoms with Crippen molar-refractivity contribution in [2.45, 2.75) is 37.8 Å². The first-order valence-electron chi connectivity index (χ1n) is 9.88. The number of carbonyl (C=O) groups is 5. The topological polar surface area (TPSA) is 211 Å². The summed E-state index contributed by atoms with van der Waals surface area (Å²) in [4.78, 5) is 70.1. The van der Waals surface area contributed by atoms with Crippen LogP contribution in [-0.4, -0.2) is 84.9 Å². The van der Waals surface area contributed by atoms with Gasteiger partial charge in [-0.15, -0.1) is 23.1 Å². The summed E-state index contributed by atoms with van der Waals surface area (Å²) in [6, 6.07) is -1.11. The molecule has 0 aromatic carbocycles. The lowest BCUT2D eigenvalue weighted by Gasteiger charge is -2.49. The number of thiazole rings is 1. The van der Waals surface area contributed by atoms with Crippen molar-refractivity contribution < 1.29 is 43.8 Å². The van der Waals surface area contributed by atoms with Crippen LogP contribution in [-0.2, 0) is 33.5 Å². The molecule has 1 saturated heterocycles. The molecule has 2 amide bonds. The van der Waals surface area contributed by atoms with Crippen LogP contribution in [0.4, 0.5) is 5.13 Å². The van der Waals surface area contributed by atoms with E-state index in [4.69, 9.17) is 15.3 Å². The van der Waals surface area contributed by atoms with Crippen molar-refractivity contribution in [2.24, 2.45) is 5.16 Å². The molecular formula is C19H21N5O9S2. The summed E-state index contributed by atoms with van der Waals surface area (Å²) in [5, 5.41) is 25.8. The number of hydrogen-bond acceptors (Lipinski definition) is 12. The fourth-order valence-corrected chi connectivity index (χ4v) is 4.87. The van der Waals surface area contributed by atoms with Crippen LogP contribution >= 0.6 is 23.1 Å². The van der Waals surface area contributed by atoms with Crippen molar-refractivity contribution in [3.05, 3.63) is 22.3 Å². The van der Waals surface area contributed by atoms with Gasteiger partial charge in [0, 0.05) is 23.6 Å². The summed E-state index contributed by atoms with van der Waals surface area (Å²) >= 11 is 2.18. The molecule has 14 nitrogen and oxygen atoms in total. The van der Waals surface area contributed by atoms with Crippen LogP contribution in [0.3, 0.4) is 0 Å². The molecule has 3 heterocycles. The first kappa shape index (κ1) is 26.0. The number of esters is 1. The van der Waals surface area contributed by atoms with E-state index in [2.05, 4.69) is 15.5 Å². The molecule has 2 atom stereocenters. The van der Waals surface area contributed by atoms with Gasteiger partial charge in [-0.05, 0) is 13.8 Å². The minimum Gasteiger partial charge on any atom is -0.478 e. The molecule has 3 rings (SSSR count). The van der Waals surface area contributed by atoms with Crippen LogP contribution in [0.15, 0.2) is 21.8 Å². The van der Waals surface area contributed by atoms with Gasteiger partial charge in [-0.25, -0.2) is 14.6 Å². The van der Waals surface area contributed by atoms with Gasteiger partial charge in [-0.1, -0.05) is 5.16 Å². The number of nitrogens with zero attached hydrogens (tertiary/aromatic N) is 3. The Kier molecular flexibility index (Phi) is 7.35. The van der Waals surface area contributed by atoms with Gasteiger partial charge in [-0.3, -0.25) is 19.3 Å².